The lowest BCUT2D eigenvalue weighted by molar-refractivity contribution is -0.498. The van der Waals surface area contributed by atoms with Crippen molar-refractivity contribution in [2.45, 2.75) is 45.4 Å². The molecule has 1 fully saturated rings. The molecule has 160 valence electrons. The minimum absolute atomic E-state index is 0.0558. The second kappa shape index (κ2) is 9.80. The van der Waals surface area contributed by atoms with E-state index in [2.05, 4.69) is 10.6 Å². The molecule has 1 aromatic rings. The summed E-state index contributed by atoms with van der Waals surface area (Å²) in [5, 5.41) is 16.8. The molecule has 9 nitrogen and oxygen atoms in total. The molecule has 0 aromatic heterocycles. The molecule has 0 saturated carbocycles. The molecule has 2 rings (SSSR count). The van der Waals surface area contributed by atoms with Gasteiger partial charge in [-0.2, -0.15) is 0 Å². The van der Waals surface area contributed by atoms with Gasteiger partial charge in [-0.05, 0) is 11.0 Å². The van der Waals surface area contributed by atoms with Crippen LogP contribution in [0.2, 0.25) is 0 Å². The number of nitrogens with zero attached hydrogens (tertiary/aromatic N) is 1. The van der Waals surface area contributed by atoms with Gasteiger partial charge in [0.15, 0.2) is 0 Å². The van der Waals surface area contributed by atoms with E-state index < -0.39 is 29.0 Å². The highest BCUT2D eigenvalue weighted by molar-refractivity contribution is 5.85. The molecule has 29 heavy (non-hydrogen) atoms. The molecule has 0 bridgehead atoms. The highest BCUT2D eigenvalue weighted by Gasteiger charge is 2.46. The third-order valence-corrected chi connectivity index (χ3v) is 4.38. The van der Waals surface area contributed by atoms with E-state index in [9.17, 15) is 19.7 Å². The molecule has 1 aromatic carbocycles. The van der Waals surface area contributed by atoms with Crippen LogP contribution in [0.5, 0.6) is 0 Å². The predicted molar refractivity (Wildman–Crippen MR) is 106 cm³/mol. The van der Waals surface area contributed by atoms with E-state index in [1.165, 1.54) is 0 Å². The zero-order valence-electron chi connectivity index (χ0n) is 17.1. The fourth-order valence-electron chi connectivity index (χ4n) is 2.83. The summed E-state index contributed by atoms with van der Waals surface area (Å²) in [5.74, 6) is -0.958. The van der Waals surface area contributed by atoms with Crippen LogP contribution in [-0.2, 0) is 25.7 Å². The van der Waals surface area contributed by atoms with E-state index in [0.29, 0.717) is 6.54 Å². The monoisotopic (exact) mass is 407 g/mol. The van der Waals surface area contributed by atoms with Crippen LogP contribution in [0, 0.1) is 15.5 Å². The van der Waals surface area contributed by atoms with Crippen molar-refractivity contribution in [2.75, 3.05) is 26.3 Å². The molecule has 1 atom stereocenters. The van der Waals surface area contributed by atoms with Crippen LogP contribution >= 0.6 is 0 Å². The standard InChI is InChI=1S/C20H29N3O6/c1-19(2,3)11-21-17(24)9-16(22-20(12-23(26)27)13-28-14-20)18(25)29-10-15-7-5-4-6-8-15/h4-8,16,22H,9-14H2,1-3H3,(H,21,24)/t16-/m0/s1. The van der Waals surface area contributed by atoms with Crippen molar-refractivity contribution < 1.29 is 24.0 Å². The Bertz CT molecular complexity index is 713. The quantitative estimate of drug-likeness (QED) is 0.341. The number of esters is 1. The lowest BCUT2D eigenvalue weighted by Gasteiger charge is -2.40. The molecule has 1 amide bonds. The number of carbonyl (C=O) groups excluding carboxylic acids is 2. The normalized spacial score (nSPS) is 16.4. The van der Waals surface area contributed by atoms with Gasteiger partial charge in [-0.25, -0.2) is 0 Å². The first-order valence-electron chi connectivity index (χ1n) is 9.53. The van der Waals surface area contributed by atoms with Crippen molar-refractivity contribution in [3.8, 4) is 0 Å². The van der Waals surface area contributed by atoms with Gasteiger partial charge in [0.2, 0.25) is 12.5 Å². The van der Waals surface area contributed by atoms with Crippen LogP contribution in [-0.4, -0.2) is 54.7 Å². The molecule has 0 spiro atoms. The predicted octanol–water partition coefficient (Wildman–Crippen LogP) is 1.29. The first kappa shape index (κ1) is 22.8. The van der Waals surface area contributed by atoms with Crippen LogP contribution < -0.4 is 10.6 Å². The van der Waals surface area contributed by atoms with E-state index in [0.717, 1.165) is 5.56 Å². The molecular formula is C20H29N3O6. The van der Waals surface area contributed by atoms with Gasteiger partial charge in [0, 0.05) is 11.5 Å². The Hall–Kier alpha value is -2.52. The zero-order chi connectivity index (χ0) is 21.5. The van der Waals surface area contributed by atoms with Crippen LogP contribution in [0.4, 0.5) is 0 Å². The fourth-order valence-corrected chi connectivity index (χ4v) is 2.83. The summed E-state index contributed by atoms with van der Waals surface area (Å²) >= 11 is 0. The van der Waals surface area contributed by atoms with E-state index >= 15 is 0 Å². The fraction of sp³-hybridized carbons (Fsp3) is 0.600. The van der Waals surface area contributed by atoms with Crippen molar-refractivity contribution >= 4 is 11.9 Å². The zero-order valence-corrected chi connectivity index (χ0v) is 17.1. The summed E-state index contributed by atoms with van der Waals surface area (Å²) in [6.07, 6.45) is -0.177. The number of carbonyl (C=O) groups is 2. The van der Waals surface area contributed by atoms with E-state index in [1.54, 1.807) is 0 Å². The average Bonchev–Trinajstić information content (AvgIpc) is 2.62. The topological polar surface area (TPSA) is 120 Å². The smallest absolute Gasteiger partial charge is 0.324 e. The maximum Gasteiger partial charge on any atom is 0.324 e. The van der Waals surface area contributed by atoms with Gasteiger partial charge in [0.05, 0.1) is 19.6 Å². The lowest BCUT2D eigenvalue weighted by Crippen LogP contribution is -2.68. The number of hydrogen-bond donors (Lipinski definition) is 2. The van der Waals surface area contributed by atoms with Gasteiger partial charge in [0.25, 0.3) is 0 Å². The summed E-state index contributed by atoms with van der Waals surface area (Å²) in [6, 6.07) is 8.14. The number of nitro groups is 1. The molecule has 1 saturated heterocycles. The van der Waals surface area contributed by atoms with Gasteiger partial charge in [0.1, 0.15) is 18.2 Å². The molecule has 0 radical (unpaired) electrons. The molecule has 0 aliphatic carbocycles. The number of rotatable bonds is 10. The summed E-state index contributed by atoms with van der Waals surface area (Å²) in [5.41, 5.74) is -0.283. The summed E-state index contributed by atoms with van der Waals surface area (Å²) in [6.45, 7) is 6.24. The molecule has 1 heterocycles. The molecule has 1 aliphatic heterocycles. The third-order valence-electron chi connectivity index (χ3n) is 4.38. The summed E-state index contributed by atoms with van der Waals surface area (Å²) < 4.78 is 10.5. The largest absolute Gasteiger partial charge is 0.460 e. The first-order chi connectivity index (χ1) is 13.6. The van der Waals surface area contributed by atoms with Crippen molar-refractivity contribution in [3.63, 3.8) is 0 Å². The Kier molecular flexibility index (Phi) is 7.69. The van der Waals surface area contributed by atoms with E-state index in [-0.39, 0.29) is 37.6 Å². The van der Waals surface area contributed by atoms with Gasteiger partial charge >= 0.3 is 5.97 Å². The molecular weight excluding hydrogens is 378 g/mol. The molecule has 2 N–H and O–H groups in total. The second-order valence-electron chi connectivity index (χ2n) is 8.60. The Morgan fingerprint density at radius 2 is 1.93 bits per heavy atom. The van der Waals surface area contributed by atoms with Crippen molar-refractivity contribution in [1.29, 1.82) is 0 Å². The van der Waals surface area contributed by atoms with Crippen LogP contribution in [0.25, 0.3) is 0 Å². The Morgan fingerprint density at radius 1 is 1.28 bits per heavy atom. The van der Waals surface area contributed by atoms with Crippen LogP contribution in [0.3, 0.4) is 0 Å². The number of benzene rings is 1. The van der Waals surface area contributed by atoms with Crippen LogP contribution in [0.1, 0.15) is 32.8 Å². The lowest BCUT2D eigenvalue weighted by atomic mass is 9.95. The third kappa shape index (κ3) is 7.78. The minimum Gasteiger partial charge on any atom is -0.460 e. The van der Waals surface area contributed by atoms with Gasteiger partial charge in [-0.1, -0.05) is 51.1 Å². The highest BCUT2D eigenvalue weighted by Crippen LogP contribution is 2.20. The molecule has 0 unspecified atom stereocenters. The summed E-state index contributed by atoms with van der Waals surface area (Å²) in [4.78, 5) is 35.6. The minimum atomic E-state index is -1.01. The van der Waals surface area contributed by atoms with E-state index in [1.807, 2.05) is 51.1 Å². The van der Waals surface area contributed by atoms with Gasteiger partial charge in [-0.3, -0.25) is 25.0 Å². The molecule has 9 heteroatoms. The maximum absolute atomic E-state index is 12.7. The number of hydrogen-bond acceptors (Lipinski definition) is 7. The SMILES string of the molecule is CC(C)(C)CNC(=O)C[C@H](NC1(C[N+](=O)[O-])COC1)C(=O)OCc1ccccc1. The maximum atomic E-state index is 12.7. The average molecular weight is 407 g/mol. The Morgan fingerprint density at radius 3 is 2.45 bits per heavy atom. The van der Waals surface area contributed by atoms with Crippen molar-refractivity contribution in [3.05, 3.63) is 46.0 Å². The van der Waals surface area contributed by atoms with Gasteiger partial charge < -0.3 is 14.8 Å². The van der Waals surface area contributed by atoms with Crippen molar-refractivity contribution in [2.24, 2.45) is 5.41 Å². The first-order valence-corrected chi connectivity index (χ1v) is 9.53. The van der Waals surface area contributed by atoms with Crippen LogP contribution in [0.15, 0.2) is 30.3 Å². The number of amides is 1. The summed E-state index contributed by atoms with van der Waals surface area (Å²) in [7, 11) is 0. The van der Waals surface area contributed by atoms with E-state index in [4.69, 9.17) is 9.47 Å². The van der Waals surface area contributed by atoms with Gasteiger partial charge in [-0.15, -0.1) is 0 Å². The Labute approximate surface area is 170 Å². The highest BCUT2D eigenvalue weighted by atomic mass is 16.6. The molecule has 1 aliphatic rings. The number of nitrogens with one attached hydrogen (secondary N) is 2. The Balaban J connectivity index is 2.03. The number of ether oxygens (including phenoxy) is 2. The second-order valence-corrected chi connectivity index (χ2v) is 8.60. The van der Waals surface area contributed by atoms with Crippen molar-refractivity contribution in [1.82, 2.24) is 10.6 Å².